The van der Waals surface area contributed by atoms with E-state index in [1.807, 2.05) is 6.92 Å². The van der Waals surface area contributed by atoms with Crippen LogP contribution in [-0.2, 0) is 6.54 Å². The van der Waals surface area contributed by atoms with E-state index in [9.17, 15) is 14.0 Å². The SMILES string of the molecule is Cc1ccc(Cl)cc1NC(=O)NCc1nnc(C(=O)Nc2ccc(F)cc2)s1. The molecule has 3 amide bonds. The maximum absolute atomic E-state index is 12.9. The van der Waals surface area contributed by atoms with E-state index in [0.29, 0.717) is 21.4 Å². The van der Waals surface area contributed by atoms with E-state index in [0.717, 1.165) is 16.9 Å². The van der Waals surface area contributed by atoms with Gasteiger partial charge >= 0.3 is 6.03 Å². The van der Waals surface area contributed by atoms with Crippen molar-refractivity contribution in [2.45, 2.75) is 13.5 Å². The molecular weight excluding hydrogens is 405 g/mol. The molecule has 3 aromatic rings. The van der Waals surface area contributed by atoms with Gasteiger partial charge in [0.2, 0.25) is 5.01 Å². The summed E-state index contributed by atoms with van der Waals surface area (Å²) in [7, 11) is 0. The standard InChI is InChI=1S/C18H15ClFN5O2S/c1-10-2-3-11(19)8-14(10)23-18(27)21-9-15-24-25-17(28-15)16(26)22-13-6-4-12(20)5-7-13/h2-8H,9H2,1H3,(H,22,26)(H2,21,23,27). The lowest BCUT2D eigenvalue weighted by molar-refractivity contribution is 0.102. The van der Waals surface area contributed by atoms with Crippen LogP contribution >= 0.6 is 22.9 Å². The van der Waals surface area contributed by atoms with Gasteiger partial charge in [-0.05, 0) is 48.9 Å². The Bertz CT molecular complexity index is 1010. The van der Waals surface area contributed by atoms with Gasteiger partial charge < -0.3 is 16.0 Å². The van der Waals surface area contributed by atoms with Crippen molar-refractivity contribution in [3.63, 3.8) is 0 Å². The number of rotatable bonds is 5. The largest absolute Gasteiger partial charge is 0.331 e. The fourth-order valence-corrected chi connectivity index (χ4v) is 3.03. The molecule has 0 aliphatic heterocycles. The lowest BCUT2D eigenvalue weighted by Gasteiger charge is -2.09. The van der Waals surface area contributed by atoms with E-state index in [-0.39, 0.29) is 11.6 Å². The maximum Gasteiger partial charge on any atom is 0.319 e. The van der Waals surface area contributed by atoms with Crippen LogP contribution in [0.3, 0.4) is 0 Å². The van der Waals surface area contributed by atoms with Crippen LogP contribution in [0.1, 0.15) is 20.4 Å². The average Bonchev–Trinajstić information content (AvgIpc) is 3.14. The number of amides is 3. The molecule has 0 aliphatic carbocycles. The number of nitrogens with zero attached hydrogens (tertiary/aromatic N) is 2. The topological polar surface area (TPSA) is 96.0 Å². The Morgan fingerprint density at radius 3 is 2.61 bits per heavy atom. The molecule has 7 nitrogen and oxygen atoms in total. The molecule has 3 N–H and O–H groups in total. The van der Waals surface area contributed by atoms with Crippen molar-refractivity contribution in [2.75, 3.05) is 10.6 Å². The number of anilines is 2. The highest BCUT2D eigenvalue weighted by molar-refractivity contribution is 7.13. The van der Waals surface area contributed by atoms with Crippen LogP contribution in [-0.4, -0.2) is 22.1 Å². The van der Waals surface area contributed by atoms with Crippen molar-refractivity contribution in [3.05, 3.63) is 68.9 Å². The molecule has 0 bridgehead atoms. The van der Waals surface area contributed by atoms with Gasteiger partial charge in [0.25, 0.3) is 5.91 Å². The second kappa shape index (κ2) is 8.77. The normalized spacial score (nSPS) is 10.4. The predicted molar refractivity (Wildman–Crippen MR) is 106 cm³/mol. The number of aromatic nitrogens is 2. The van der Waals surface area contributed by atoms with Crippen molar-refractivity contribution in [1.29, 1.82) is 0 Å². The number of aryl methyl sites for hydroxylation is 1. The van der Waals surface area contributed by atoms with Gasteiger partial charge in [-0.2, -0.15) is 0 Å². The number of urea groups is 1. The van der Waals surface area contributed by atoms with Crippen molar-refractivity contribution in [1.82, 2.24) is 15.5 Å². The van der Waals surface area contributed by atoms with Gasteiger partial charge in [0, 0.05) is 16.4 Å². The van der Waals surface area contributed by atoms with Gasteiger partial charge in [0.1, 0.15) is 10.8 Å². The summed E-state index contributed by atoms with van der Waals surface area (Å²) < 4.78 is 12.9. The third-order valence-corrected chi connectivity index (χ3v) is 4.77. The lowest BCUT2D eigenvalue weighted by Crippen LogP contribution is -2.28. The number of benzene rings is 2. The van der Waals surface area contributed by atoms with Crippen molar-refractivity contribution in [3.8, 4) is 0 Å². The molecule has 0 aliphatic rings. The first kappa shape index (κ1) is 19.7. The highest BCUT2D eigenvalue weighted by Crippen LogP contribution is 2.20. The molecule has 0 atom stereocenters. The molecule has 3 rings (SSSR count). The summed E-state index contributed by atoms with van der Waals surface area (Å²) in [6.07, 6.45) is 0. The van der Waals surface area contributed by atoms with Crippen molar-refractivity contribution in [2.24, 2.45) is 0 Å². The average molecular weight is 420 g/mol. The highest BCUT2D eigenvalue weighted by Gasteiger charge is 2.14. The number of carbonyl (C=O) groups is 2. The van der Waals surface area contributed by atoms with Gasteiger partial charge in [-0.1, -0.05) is 29.0 Å². The quantitative estimate of drug-likeness (QED) is 0.577. The summed E-state index contributed by atoms with van der Waals surface area (Å²) in [5.41, 5.74) is 1.91. The Hall–Kier alpha value is -3.04. The molecule has 28 heavy (non-hydrogen) atoms. The van der Waals surface area contributed by atoms with Crippen LogP contribution in [0.4, 0.5) is 20.6 Å². The third-order valence-electron chi connectivity index (χ3n) is 3.61. The van der Waals surface area contributed by atoms with Crippen LogP contribution in [0.2, 0.25) is 5.02 Å². The summed E-state index contributed by atoms with van der Waals surface area (Å²) in [5, 5.41) is 16.7. The summed E-state index contributed by atoms with van der Waals surface area (Å²) in [4.78, 5) is 24.2. The molecule has 0 saturated heterocycles. The van der Waals surface area contributed by atoms with E-state index in [4.69, 9.17) is 11.6 Å². The van der Waals surface area contributed by atoms with E-state index in [1.54, 1.807) is 18.2 Å². The fraction of sp³-hybridized carbons (Fsp3) is 0.111. The lowest BCUT2D eigenvalue weighted by atomic mass is 10.2. The second-order valence-electron chi connectivity index (χ2n) is 5.73. The smallest absolute Gasteiger partial charge is 0.319 e. The summed E-state index contributed by atoms with van der Waals surface area (Å²) in [6.45, 7) is 1.95. The van der Waals surface area contributed by atoms with E-state index < -0.39 is 17.8 Å². The molecule has 0 spiro atoms. The Morgan fingerprint density at radius 2 is 1.86 bits per heavy atom. The van der Waals surface area contributed by atoms with E-state index in [1.165, 1.54) is 24.3 Å². The van der Waals surface area contributed by atoms with E-state index >= 15 is 0 Å². The predicted octanol–water partition coefficient (Wildman–Crippen LogP) is 4.21. The molecule has 10 heteroatoms. The molecular formula is C18H15ClFN5O2S. The van der Waals surface area contributed by atoms with Crippen LogP contribution in [0.15, 0.2) is 42.5 Å². The molecule has 1 heterocycles. The molecule has 144 valence electrons. The Labute approximate surface area is 168 Å². The minimum Gasteiger partial charge on any atom is -0.331 e. The number of carbonyl (C=O) groups excluding carboxylic acids is 2. The Balaban J connectivity index is 1.54. The van der Waals surface area contributed by atoms with Crippen LogP contribution < -0.4 is 16.0 Å². The molecule has 0 saturated carbocycles. The second-order valence-corrected chi connectivity index (χ2v) is 7.23. The number of hydrogen-bond acceptors (Lipinski definition) is 5. The van der Waals surface area contributed by atoms with Crippen LogP contribution in [0.5, 0.6) is 0 Å². The van der Waals surface area contributed by atoms with Gasteiger partial charge in [-0.25, -0.2) is 9.18 Å². The minimum absolute atomic E-state index is 0.104. The number of nitrogens with one attached hydrogen (secondary N) is 3. The van der Waals surface area contributed by atoms with Gasteiger partial charge in [-0.3, -0.25) is 4.79 Å². The van der Waals surface area contributed by atoms with Gasteiger partial charge in [-0.15, -0.1) is 10.2 Å². The maximum atomic E-state index is 12.9. The highest BCUT2D eigenvalue weighted by atomic mass is 35.5. The monoisotopic (exact) mass is 419 g/mol. The summed E-state index contributed by atoms with van der Waals surface area (Å²) in [6, 6.07) is 10.1. The Kier molecular flexibility index (Phi) is 6.17. The Morgan fingerprint density at radius 1 is 1.11 bits per heavy atom. The molecule has 2 aromatic carbocycles. The molecule has 1 aromatic heterocycles. The van der Waals surface area contributed by atoms with Gasteiger partial charge in [0.05, 0.1) is 6.54 Å². The third kappa shape index (κ3) is 5.24. The molecule has 0 unspecified atom stereocenters. The zero-order valence-corrected chi connectivity index (χ0v) is 16.2. The van der Waals surface area contributed by atoms with Crippen LogP contribution in [0, 0.1) is 12.7 Å². The zero-order chi connectivity index (χ0) is 20.1. The summed E-state index contributed by atoms with van der Waals surface area (Å²) >= 11 is 6.97. The van der Waals surface area contributed by atoms with Crippen molar-refractivity contribution < 1.29 is 14.0 Å². The minimum atomic E-state index is -0.464. The van der Waals surface area contributed by atoms with Crippen LogP contribution in [0.25, 0.3) is 0 Å². The zero-order valence-electron chi connectivity index (χ0n) is 14.6. The molecule has 0 fully saturated rings. The van der Waals surface area contributed by atoms with E-state index in [2.05, 4.69) is 26.1 Å². The number of hydrogen-bond donors (Lipinski definition) is 3. The first-order valence-corrected chi connectivity index (χ1v) is 9.30. The first-order valence-electron chi connectivity index (χ1n) is 8.11. The summed E-state index contributed by atoms with van der Waals surface area (Å²) in [5.74, 6) is -0.858. The fourth-order valence-electron chi connectivity index (χ4n) is 2.19. The van der Waals surface area contributed by atoms with Gasteiger partial charge in [0.15, 0.2) is 0 Å². The number of halogens is 2. The first-order chi connectivity index (χ1) is 13.4. The molecule has 0 radical (unpaired) electrons. The van der Waals surface area contributed by atoms with Crippen molar-refractivity contribution >= 4 is 46.3 Å².